The van der Waals surface area contributed by atoms with Crippen molar-refractivity contribution in [3.05, 3.63) is 105 Å². The molecule has 0 aliphatic heterocycles. The molecule has 9 heteroatoms. The third kappa shape index (κ3) is 6.47. The Morgan fingerprint density at radius 1 is 0.711 bits per heavy atom. The van der Waals surface area contributed by atoms with Gasteiger partial charge in [-0.05, 0) is 62.1 Å². The summed E-state index contributed by atoms with van der Waals surface area (Å²) in [7, 11) is 3.16. The molecule has 0 N–H and O–H groups in total. The number of aryl methyl sites for hydroxylation is 2. The first-order valence-electron chi connectivity index (χ1n) is 12.0. The lowest BCUT2D eigenvalue weighted by Crippen LogP contribution is -2.26. The topological polar surface area (TPSA) is 87.1 Å². The molecule has 0 bridgehead atoms. The van der Waals surface area contributed by atoms with Crippen molar-refractivity contribution in [1.82, 2.24) is 19.9 Å². The molecule has 0 aliphatic rings. The van der Waals surface area contributed by atoms with E-state index in [1.165, 1.54) is 0 Å². The van der Waals surface area contributed by atoms with Crippen LogP contribution in [0.3, 0.4) is 0 Å². The maximum Gasteiger partial charge on any atom is 0.151 e. The van der Waals surface area contributed by atoms with Gasteiger partial charge in [0.05, 0.1) is 48.8 Å². The number of hydrogen-bond donors (Lipinski definition) is 0. The van der Waals surface area contributed by atoms with E-state index in [1.54, 1.807) is 51.1 Å². The molecule has 2 heterocycles. The number of aromatic nitrogens is 4. The first-order chi connectivity index (χ1) is 18.3. The Kier molecular flexibility index (Phi) is 8.92. The van der Waals surface area contributed by atoms with Crippen molar-refractivity contribution in [2.24, 2.45) is 0 Å². The molecule has 0 amide bonds. The molecule has 4 rings (SSSR count). The van der Waals surface area contributed by atoms with Gasteiger partial charge in [-0.2, -0.15) is 0 Å². The Hall–Kier alpha value is -3.55. The van der Waals surface area contributed by atoms with Gasteiger partial charge < -0.3 is 9.47 Å². The first kappa shape index (κ1) is 27.5. The minimum absolute atomic E-state index is 0.0833. The Labute approximate surface area is 232 Å². The maximum absolute atomic E-state index is 14.4. The quantitative estimate of drug-likeness (QED) is 0.234. The van der Waals surface area contributed by atoms with Gasteiger partial charge in [0, 0.05) is 34.8 Å². The molecule has 2 atom stereocenters. The lowest BCUT2D eigenvalue weighted by molar-refractivity contribution is -0.122. The van der Waals surface area contributed by atoms with E-state index in [0.29, 0.717) is 45.8 Å². The number of ketones is 1. The van der Waals surface area contributed by atoms with Crippen LogP contribution in [0.5, 0.6) is 11.5 Å². The lowest BCUT2D eigenvalue weighted by atomic mass is 9.81. The Morgan fingerprint density at radius 2 is 1.13 bits per heavy atom. The minimum atomic E-state index is -0.640. The molecule has 0 spiro atoms. The van der Waals surface area contributed by atoms with E-state index in [2.05, 4.69) is 19.9 Å². The Morgan fingerprint density at radius 3 is 1.45 bits per heavy atom. The summed E-state index contributed by atoms with van der Waals surface area (Å²) in [5, 5.41) is 1.01. The standard InChI is InChI=1S/C29H28Cl2N4O3/c1-17-13-34-27(15-32-17)23(9-19-5-7-21(37-3)11-25(19)30)29(36)24(28-16-33-18(2)14-35-28)10-20-6-8-22(38-4)12-26(20)31/h5-8,11-16,23-24H,9-10H2,1-4H3. The fraction of sp³-hybridized carbons (Fsp3) is 0.276. The van der Waals surface area contributed by atoms with Gasteiger partial charge in [0.2, 0.25) is 0 Å². The van der Waals surface area contributed by atoms with Crippen molar-refractivity contribution in [2.45, 2.75) is 38.5 Å². The van der Waals surface area contributed by atoms with Crippen LogP contribution in [0.4, 0.5) is 0 Å². The van der Waals surface area contributed by atoms with Crippen LogP contribution in [-0.2, 0) is 17.6 Å². The second-order valence-corrected chi connectivity index (χ2v) is 9.81. The highest BCUT2D eigenvalue weighted by atomic mass is 35.5. The van der Waals surface area contributed by atoms with E-state index >= 15 is 0 Å². The van der Waals surface area contributed by atoms with Crippen LogP contribution in [-0.4, -0.2) is 39.9 Å². The van der Waals surface area contributed by atoms with Crippen LogP contribution in [0, 0.1) is 13.8 Å². The lowest BCUT2D eigenvalue weighted by Gasteiger charge is -2.23. The molecule has 0 saturated heterocycles. The van der Waals surface area contributed by atoms with Crippen LogP contribution in [0.2, 0.25) is 10.0 Å². The second-order valence-electron chi connectivity index (χ2n) is 9.00. The van der Waals surface area contributed by atoms with E-state index in [1.807, 2.05) is 38.1 Å². The van der Waals surface area contributed by atoms with Gasteiger partial charge in [0.25, 0.3) is 0 Å². The third-order valence-corrected chi connectivity index (χ3v) is 7.07. The van der Waals surface area contributed by atoms with Crippen molar-refractivity contribution in [1.29, 1.82) is 0 Å². The number of Topliss-reactive ketones (excluding diaryl/α,β-unsaturated/α-hetero) is 1. The van der Waals surface area contributed by atoms with Crippen molar-refractivity contribution in [3.63, 3.8) is 0 Å². The Balaban J connectivity index is 1.77. The smallest absolute Gasteiger partial charge is 0.151 e. The fourth-order valence-corrected chi connectivity index (χ4v) is 4.69. The molecule has 0 aliphatic carbocycles. The molecule has 4 aromatic rings. The molecule has 0 fully saturated rings. The number of hydrogen-bond acceptors (Lipinski definition) is 7. The predicted molar refractivity (Wildman–Crippen MR) is 147 cm³/mol. The Bertz CT molecular complexity index is 1310. The summed E-state index contributed by atoms with van der Waals surface area (Å²) in [5.74, 6) is -0.0873. The van der Waals surface area contributed by atoms with E-state index < -0.39 is 11.8 Å². The molecule has 196 valence electrons. The zero-order valence-electron chi connectivity index (χ0n) is 21.6. The molecule has 0 radical (unpaired) electrons. The predicted octanol–water partition coefficient (Wildman–Crippen LogP) is 6.13. The normalized spacial score (nSPS) is 12.6. The van der Waals surface area contributed by atoms with E-state index in [0.717, 1.165) is 22.5 Å². The van der Waals surface area contributed by atoms with Gasteiger partial charge >= 0.3 is 0 Å². The minimum Gasteiger partial charge on any atom is -0.497 e. The number of benzene rings is 2. The molecule has 7 nitrogen and oxygen atoms in total. The molecule has 38 heavy (non-hydrogen) atoms. The molecule has 2 aromatic heterocycles. The number of nitrogens with zero attached hydrogens (tertiary/aromatic N) is 4. The van der Waals surface area contributed by atoms with E-state index in [9.17, 15) is 4.79 Å². The summed E-state index contributed by atoms with van der Waals surface area (Å²) in [6.45, 7) is 3.70. The summed E-state index contributed by atoms with van der Waals surface area (Å²) < 4.78 is 10.6. The number of halogens is 2. The third-order valence-electron chi connectivity index (χ3n) is 6.37. The highest BCUT2D eigenvalue weighted by Gasteiger charge is 2.33. The van der Waals surface area contributed by atoms with Gasteiger partial charge in [-0.15, -0.1) is 0 Å². The number of carbonyl (C=O) groups is 1. The van der Waals surface area contributed by atoms with Gasteiger partial charge in [-0.3, -0.25) is 24.7 Å². The second kappa shape index (κ2) is 12.3. The number of ether oxygens (including phenoxy) is 2. The molecular formula is C29H28Cl2N4O3. The summed E-state index contributed by atoms with van der Waals surface area (Å²) in [4.78, 5) is 32.4. The highest BCUT2D eigenvalue weighted by molar-refractivity contribution is 6.31. The highest BCUT2D eigenvalue weighted by Crippen LogP contribution is 2.34. The van der Waals surface area contributed by atoms with Crippen molar-refractivity contribution in [2.75, 3.05) is 14.2 Å². The monoisotopic (exact) mass is 550 g/mol. The fourth-order valence-electron chi connectivity index (χ4n) is 4.19. The van der Waals surface area contributed by atoms with Crippen molar-refractivity contribution >= 4 is 29.0 Å². The van der Waals surface area contributed by atoms with Gasteiger partial charge in [-0.1, -0.05) is 35.3 Å². The molecule has 2 unspecified atom stereocenters. The van der Waals surface area contributed by atoms with Crippen molar-refractivity contribution in [3.8, 4) is 11.5 Å². The van der Waals surface area contributed by atoms with Crippen LogP contribution in [0.15, 0.2) is 61.2 Å². The zero-order chi connectivity index (χ0) is 27.2. The maximum atomic E-state index is 14.4. The largest absolute Gasteiger partial charge is 0.497 e. The summed E-state index contributed by atoms with van der Waals surface area (Å²) >= 11 is 13.2. The van der Waals surface area contributed by atoms with E-state index in [-0.39, 0.29) is 5.78 Å². The average Bonchev–Trinajstić information content (AvgIpc) is 2.92. The summed E-state index contributed by atoms with van der Waals surface area (Å²) in [5.41, 5.74) is 4.22. The van der Waals surface area contributed by atoms with Crippen LogP contribution in [0.1, 0.15) is 45.7 Å². The van der Waals surface area contributed by atoms with Crippen molar-refractivity contribution < 1.29 is 14.3 Å². The number of methoxy groups -OCH3 is 2. The molecule has 2 aromatic carbocycles. The molecule has 0 saturated carbocycles. The van der Waals surface area contributed by atoms with Crippen LogP contribution in [0.25, 0.3) is 0 Å². The number of rotatable bonds is 10. The average molecular weight is 551 g/mol. The van der Waals surface area contributed by atoms with Gasteiger partial charge in [-0.25, -0.2) is 0 Å². The van der Waals surface area contributed by atoms with Gasteiger partial charge in [0.1, 0.15) is 11.5 Å². The summed E-state index contributed by atoms with van der Waals surface area (Å²) in [6.07, 6.45) is 7.26. The van der Waals surface area contributed by atoms with Crippen LogP contribution < -0.4 is 9.47 Å². The zero-order valence-corrected chi connectivity index (χ0v) is 23.1. The number of carbonyl (C=O) groups excluding carboxylic acids is 1. The first-order valence-corrected chi connectivity index (χ1v) is 12.8. The van der Waals surface area contributed by atoms with Crippen LogP contribution >= 0.6 is 23.2 Å². The van der Waals surface area contributed by atoms with Gasteiger partial charge in [0.15, 0.2) is 5.78 Å². The molecular weight excluding hydrogens is 523 g/mol. The SMILES string of the molecule is COc1ccc(CC(C(=O)C(Cc2ccc(OC)cc2Cl)c2cnc(C)cn2)c2cnc(C)cn2)c(Cl)c1. The summed E-state index contributed by atoms with van der Waals surface area (Å²) in [6, 6.07) is 10.8. The van der Waals surface area contributed by atoms with E-state index in [4.69, 9.17) is 32.7 Å².